The van der Waals surface area contributed by atoms with E-state index in [4.69, 9.17) is 0 Å². The van der Waals surface area contributed by atoms with E-state index in [0.29, 0.717) is 5.92 Å². The third-order valence-electron chi connectivity index (χ3n) is 6.03. The Labute approximate surface area is 182 Å². The van der Waals surface area contributed by atoms with E-state index in [0.717, 1.165) is 31.5 Å². The number of hydrogen-bond acceptors (Lipinski definition) is 2. The van der Waals surface area contributed by atoms with Crippen LogP contribution in [0.25, 0.3) is 0 Å². The van der Waals surface area contributed by atoms with E-state index >= 15 is 0 Å². The molecule has 0 spiro atoms. The first-order valence-electron chi connectivity index (χ1n) is 10.5. The van der Waals surface area contributed by atoms with Crippen molar-refractivity contribution in [1.29, 1.82) is 0 Å². The van der Waals surface area contributed by atoms with E-state index in [1.54, 1.807) is 0 Å². The summed E-state index contributed by atoms with van der Waals surface area (Å²) >= 11 is 0. The Bertz CT molecular complexity index is 555. The fourth-order valence-electron chi connectivity index (χ4n) is 4.23. The predicted octanol–water partition coefficient (Wildman–Crippen LogP) is 4.18. The van der Waals surface area contributed by atoms with E-state index in [1.165, 1.54) is 57.3 Å². The number of nitrogens with one attached hydrogen (secondary N) is 1. The van der Waals surface area contributed by atoms with Crippen LogP contribution < -0.4 is 5.32 Å². The van der Waals surface area contributed by atoms with Gasteiger partial charge in [0.25, 0.3) is 0 Å². The van der Waals surface area contributed by atoms with Gasteiger partial charge in [0.2, 0.25) is 0 Å². The molecular formula is C22H37IN4. The quantitative estimate of drug-likeness (QED) is 0.285. The molecule has 0 aliphatic carbocycles. The number of likely N-dealkylation sites (tertiary alicyclic amines) is 2. The van der Waals surface area contributed by atoms with Crippen LogP contribution in [0.4, 0.5) is 0 Å². The van der Waals surface area contributed by atoms with Crippen molar-refractivity contribution in [2.24, 2.45) is 10.9 Å². The molecule has 2 aliphatic rings. The molecule has 2 aliphatic heterocycles. The molecule has 1 atom stereocenters. The van der Waals surface area contributed by atoms with E-state index in [9.17, 15) is 0 Å². The molecule has 1 aromatic rings. The summed E-state index contributed by atoms with van der Waals surface area (Å²) in [6.07, 6.45) is 6.48. The summed E-state index contributed by atoms with van der Waals surface area (Å²) in [5.41, 5.74) is 1.46. The lowest BCUT2D eigenvalue weighted by molar-refractivity contribution is 0.189. The van der Waals surface area contributed by atoms with Crippen molar-refractivity contribution in [2.45, 2.75) is 44.9 Å². The van der Waals surface area contributed by atoms with Crippen molar-refractivity contribution in [1.82, 2.24) is 15.1 Å². The molecule has 2 saturated heterocycles. The van der Waals surface area contributed by atoms with Gasteiger partial charge in [0.15, 0.2) is 5.96 Å². The van der Waals surface area contributed by atoms with Crippen LogP contribution >= 0.6 is 24.0 Å². The van der Waals surface area contributed by atoms with Gasteiger partial charge in [-0.15, -0.1) is 24.0 Å². The summed E-state index contributed by atoms with van der Waals surface area (Å²) in [7, 11) is 1.91. The Kier molecular flexibility index (Phi) is 9.90. The highest BCUT2D eigenvalue weighted by atomic mass is 127. The second-order valence-electron chi connectivity index (χ2n) is 8.05. The van der Waals surface area contributed by atoms with Crippen molar-refractivity contribution in [3.05, 3.63) is 35.9 Å². The van der Waals surface area contributed by atoms with Crippen molar-refractivity contribution < 1.29 is 0 Å². The summed E-state index contributed by atoms with van der Waals surface area (Å²) < 4.78 is 0. The number of halogens is 1. The first-order chi connectivity index (χ1) is 12.8. The molecule has 1 unspecified atom stereocenters. The monoisotopic (exact) mass is 484 g/mol. The number of guanidine groups is 1. The van der Waals surface area contributed by atoms with Gasteiger partial charge >= 0.3 is 0 Å². The molecule has 0 amide bonds. The molecule has 1 N–H and O–H groups in total. The average Bonchev–Trinajstić information content (AvgIpc) is 3.17. The number of hydrogen-bond donors (Lipinski definition) is 1. The molecule has 0 saturated carbocycles. The first-order valence-corrected chi connectivity index (χ1v) is 10.5. The Morgan fingerprint density at radius 1 is 1.07 bits per heavy atom. The summed E-state index contributed by atoms with van der Waals surface area (Å²) in [5, 5.41) is 3.59. The molecule has 4 nitrogen and oxygen atoms in total. The van der Waals surface area contributed by atoms with Crippen LogP contribution in [-0.2, 0) is 0 Å². The fraction of sp³-hybridized carbons (Fsp3) is 0.682. The van der Waals surface area contributed by atoms with Gasteiger partial charge in [-0.25, -0.2) is 0 Å². The first kappa shape index (κ1) is 22.5. The van der Waals surface area contributed by atoms with Gasteiger partial charge in [-0.1, -0.05) is 37.3 Å². The lowest BCUT2D eigenvalue weighted by Crippen LogP contribution is -2.40. The molecule has 2 fully saturated rings. The molecule has 27 heavy (non-hydrogen) atoms. The average molecular weight is 484 g/mol. The van der Waals surface area contributed by atoms with Crippen LogP contribution in [0.1, 0.15) is 50.5 Å². The summed E-state index contributed by atoms with van der Waals surface area (Å²) in [5.74, 6) is 2.64. The maximum Gasteiger partial charge on any atom is 0.193 e. The highest BCUT2D eigenvalue weighted by molar-refractivity contribution is 14.0. The zero-order valence-electron chi connectivity index (χ0n) is 17.1. The number of rotatable bonds is 6. The van der Waals surface area contributed by atoms with Crippen molar-refractivity contribution >= 4 is 29.9 Å². The highest BCUT2D eigenvalue weighted by Gasteiger charge is 2.25. The lowest BCUT2D eigenvalue weighted by atomic mass is 9.99. The third kappa shape index (κ3) is 6.93. The topological polar surface area (TPSA) is 30.9 Å². The molecule has 5 heteroatoms. The van der Waals surface area contributed by atoms with Crippen LogP contribution in [0.2, 0.25) is 0 Å². The largest absolute Gasteiger partial charge is 0.356 e. The molecule has 3 rings (SSSR count). The number of piperidine rings is 1. The van der Waals surface area contributed by atoms with Gasteiger partial charge < -0.3 is 15.1 Å². The third-order valence-corrected chi connectivity index (χ3v) is 6.03. The highest BCUT2D eigenvalue weighted by Crippen LogP contribution is 2.26. The summed E-state index contributed by atoms with van der Waals surface area (Å²) in [6, 6.07) is 10.9. The minimum Gasteiger partial charge on any atom is -0.356 e. The van der Waals surface area contributed by atoms with Crippen LogP contribution in [0.3, 0.4) is 0 Å². The molecule has 0 bridgehead atoms. The normalized spacial score (nSPS) is 21.9. The summed E-state index contributed by atoms with van der Waals surface area (Å²) in [4.78, 5) is 9.57. The summed E-state index contributed by atoms with van der Waals surface area (Å²) in [6.45, 7) is 9.44. The minimum atomic E-state index is 0. The molecule has 2 heterocycles. The minimum absolute atomic E-state index is 0. The van der Waals surface area contributed by atoms with Gasteiger partial charge in [-0.05, 0) is 63.2 Å². The maximum absolute atomic E-state index is 4.52. The zero-order valence-corrected chi connectivity index (χ0v) is 19.4. The molecular weight excluding hydrogens is 447 g/mol. The molecule has 1 aromatic carbocycles. The van der Waals surface area contributed by atoms with Crippen LogP contribution in [0.5, 0.6) is 0 Å². The number of aliphatic imine (C=N–C) groups is 1. The van der Waals surface area contributed by atoms with E-state index in [-0.39, 0.29) is 24.0 Å². The Balaban J connectivity index is 0.00000261. The zero-order chi connectivity index (χ0) is 18.2. The smallest absolute Gasteiger partial charge is 0.193 e. The van der Waals surface area contributed by atoms with Gasteiger partial charge in [-0.2, -0.15) is 0 Å². The van der Waals surface area contributed by atoms with Crippen LogP contribution in [-0.4, -0.2) is 62.1 Å². The van der Waals surface area contributed by atoms with Crippen molar-refractivity contribution in [2.75, 3.05) is 46.3 Å². The number of unbranched alkanes of at least 4 members (excludes halogenated alkanes) is 1. The SMILES string of the molecule is CN=C(NCCCCN1CCC(C)CC1)N1CCC(c2ccccc2)C1.I. The second-order valence-corrected chi connectivity index (χ2v) is 8.05. The van der Waals surface area contributed by atoms with Gasteiger partial charge in [-0.3, -0.25) is 4.99 Å². The molecule has 152 valence electrons. The Morgan fingerprint density at radius 2 is 1.81 bits per heavy atom. The fourth-order valence-corrected chi connectivity index (χ4v) is 4.23. The molecule has 0 aromatic heterocycles. The lowest BCUT2D eigenvalue weighted by Gasteiger charge is -2.30. The maximum atomic E-state index is 4.52. The van der Waals surface area contributed by atoms with Crippen molar-refractivity contribution in [3.63, 3.8) is 0 Å². The second kappa shape index (κ2) is 11.9. The van der Waals surface area contributed by atoms with Gasteiger partial charge in [0, 0.05) is 32.6 Å². The van der Waals surface area contributed by atoms with E-state index in [1.807, 2.05) is 7.05 Å². The van der Waals surface area contributed by atoms with Crippen LogP contribution in [0, 0.1) is 5.92 Å². The molecule has 0 radical (unpaired) electrons. The Morgan fingerprint density at radius 3 is 2.52 bits per heavy atom. The van der Waals surface area contributed by atoms with E-state index in [2.05, 4.69) is 57.4 Å². The van der Waals surface area contributed by atoms with E-state index < -0.39 is 0 Å². The number of nitrogens with zero attached hydrogens (tertiary/aromatic N) is 3. The standard InChI is InChI=1S/C22H36N4.HI/c1-19-10-15-25(16-11-19)14-7-6-13-24-22(23-2)26-17-12-21(18-26)20-8-4-3-5-9-20;/h3-5,8-9,19,21H,6-7,10-18H2,1-2H3,(H,23,24);1H. The predicted molar refractivity (Wildman–Crippen MR) is 126 cm³/mol. The Hall–Kier alpha value is -0.820. The van der Waals surface area contributed by atoms with Gasteiger partial charge in [0.05, 0.1) is 0 Å². The van der Waals surface area contributed by atoms with Crippen LogP contribution in [0.15, 0.2) is 35.3 Å². The number of benzene rings is 1. The van der Waals surface area contributed by atoms with Gasteiger partial charge in [0.1, 0.15) is 0 Å². The van der Waals surface area contributed by atoms with Crippen molar-refractivity contribution in [3.8, 4) is 0 Å².